The molecule has 2 atom stereocenters. The van der Waals surface area contributed by atoms with E-state index < -0.39 is 0 Å². The van der Waals surface area contributed by atoms with Gasteiger partial charge in [0.2, 0.25) is 0 Å². The van der Waals surface area contributed by atoms with Crippen LogP contribution in [0.5, 0.6) is 0 Å². The van der Waals surface area contributed by atoms with Crippen molar-refractivity contribution in [1.82, 2.24) is 0 Å². The van der Waals surface area contributed by atoms with Gasteiger partial charge in [-0.05, 0) is 48.9 Å². The standard InChI is InChI=1S/2C10H15N/c2*1-9(8-11)7-10-5-3-2-4-6-10/h2*2-6,9H,7-8,11H2,1H3/t2*9-/m10/s1. The van der Waals surface area contributed by atoms with E-state index in [9.17, 15) is 0 Å². The van der Waals surface area contributed by atoms with Crippen LogP contribution in [0.4, 0.5) is 0 Å². The Labute approximate surface area is 135 Å². The van der Waals surface area contributed by atoms with Crippen LogP contribution in [0.2, 0.25) is 0 Å². The summed E-state index contributed by atoms with van der Waals surface area (Å²) < 4.78 is 0. The molecule has 0 fully saturated rings. The van der Waals surface area contributed by atoms with Gasteiger partial charge in [0.15, 0.2) is 0 Å². The molecule has 2 nitrogen and oxygen atoms in total. The van der Waals surface area contributed by atoms with E-state index in [2.05, 4.69) is 62.4 Å². The van der Waals surface area contributed by atoms with Gasteiger partial charge in [-0.15, -0.1) is 0 Å². The Morgan fingerprint density at radius 3 is 1.23 bits per heavy atom. The molecule has 0 bridgehead atoms. The molecule has 0 aliphatic carbocycles. The normalized spacial score (nSPS) is 12.9. The first-order chi connectivity index (χ1) is 10.7. The molecule has 0 aliphatic heterocycles. The van der Waals surface area contributed by atoms with E-state index in [1.54, 1.807) is 0 Å². The average molecular weight is 298 g/mol. The van der Waals surface area contributed by atoms with Crippen LogP contribution in [0.3, 0.4) is 0 Å². The maximum Gasteiger partial charge on any atom is -0.00483 e. The maximum atomic E-state index is 5.52. The Morgan fingerprint density at radius 1 is 0.636 bits per heavy atom. The minimum atomic E-state index is 0.595. The number of benzene rings is 2. The Balaban J connectivity index is 0.000000220. The van der Waals surface area contributed by atoms with Gasteiger partial charge in [0.05, 0.1) is 0 Å². The molecule has 2 aromatic carbocycles. The van der Waals surface area contributed by atoms with Crippen molar-refractivity contribution in [3.05, 3.63) is 71.8 Å². The summed E-state index contributed by atoms with van der Waals surface area (Å²) in [6.07, 6.45) is 2.19. The quantitative estimate of drug-likeness (QED) is 0.855. The monoisotopic (exact) mass is 298 g/mol. The molecule has 2 heteroatoms. The van der Waals surface area contributed by atoms with Gasteiger partial charge in [0, 0.05) is 0 Å². The summed E-state index contributed by atoms with van der Waals surface area (Å²) in [5.41, 5.74) is 13.8. The summed E-state index contributed by atoms with van der Waals surface area (Å²) in [4.78, 5) is 0. The van der Waals surface area contributed by atoms with Crippen LogP contribution in [-0.4, -0.2) is 13.1 Å². The summed E-state index contributed by atoms with van der Waals surface area (Å²) in [6.45, 7) is 5.89. The van der Waals surface area contributed by atoms with Gasteiger partial charge >= 0.3 is 0 Å². The second-order valence-electron chi connectivity index (χ2n) is 6.06. The van der Waals surface area contributed by atoms with Crippen LogP contribution >= 0.6 is 0 Å². The van der Waals surface area contributed by atoms with Crippen molar-refractivity contribution < 1.29 is 0 Å². The second-order valence-corrected chi connectivity index (χ2v) is 6.06. The lowest BCUT2D eigenvalue weighted by atomic mass is 10.0. The summed E-state index contributed by atoms with van der Waals surface area (Å²) in [7, 11) is 0. The van der Waals surface area contributed by atoms with E-state index in [0.29, 0.717) is 11.8 Å². The third-order valence-corrected chi connectivity index (χ3v) is 3.66. The number of hydrogen-bond acceptors (Lipinski definition) is 2. The molecule has 4 N–H and O–H groups in total. The summed E-state index contributed by atoms with van der Waals surface area (Å²) in [5.74, 6) is 1.19. The van der Waals surface area contributed by atoms with Gasteiger partial charge in [-0.25, -0.2) is 0 Å². The summed E-state index contributed by atoms with van der Waals surface area (Å²) in [5, 5.41) is 0. The van der Waals surface area contributed by atoms with Crippen LogP contribution in [0.15, 0.2) is 60.7 Å². The van der Waals surface area contributed by atoms with Crippen molar-refractivity contribution in [3.8, 4) is 0 Å². The molecule has 0 saturated heterocycles. The lowest BCUT2D eigenvalue weighted by Gasteiger charge is -2.06. The van der Waals surface area contributed by atoms with Gasteiger partial charge in [-0.1, -0.05) is 74.5 Å². The van der Waals surface area contributed by atoms with Crippen LogP contribution in [0.25, 0.3) is 0 Å². The molecule has 0 radical (unpaired) electrons. The zero-order chi connectivity index (χ0) is 16.2. The topological polar surface area (TPSA) is 52.0 Å². The van der Waals surface area contributed by atoms with E-state index in [1.165, 1.54) is 11.1 Å². The fraction of sp³-hybridized carbons (Fsp3) is 0.400. The van der Waals surface area contributed by atoms with Gasteiger partial charge in [0.25, 0.3) is 0 Å². The summed E-state index contributed by atoms with van der Waals surface area (Å²) >= 11 is 0. The number of hydrogen-bond donors (Lipinski definition) is 2. The van der Waals surface area contributed by atoms with Crippen molar-refractivity contribution >= 4 is 0 Å². The van der Waals surface area contributed by atoms with Crippen molar-refractivity contribution in [3.63, 3.8) is 0 Å². The molecule has 2 aromatic rings. The number of nitrogens with two attached hydrogens (primary N) is 2. The van der Waals surface area contributed by atoms with Crippen molar-refractivity contribution in [2.75, 3.05) is 13.1 Å². The Hall–Kier alpha value is -1.64. The zero-order valence-electron chi connectivity index (χ0n) is 13.9. The van der Waals surface area contributed by atoms with Gasteiger partial charge in [0.1, 0.15) is 0 Å². The highest BCUT2D eigenvalue weighted by atomic mass is 14.5. The molecule has 22 heavy (non-hydrogen) atoms. The first-order valence-corrected chi connectivity index (χ1v) is 8.13. The third kappa shape index (κ3) is 7.96. The highest BCUT2D eigenvalue weighted by molar-refractivity contribution is 5.15. The lowest BCUT2D eigenvalue weighted by molar-refractivity contribution is 0.593. The second kappa shape index (κ2) is 11.0. The van der Waals surface area contributed by atoms with Crippen LogP contribution in [-0.2, 0) is 12.8 Å². The highest BCUT2D eigenvalue weighted by Crippen LogP contribution is 2.06. The van der Waals surface area contributed by atoms with E-state index in [4.69, 9.17) is 11.5 Å². The molecular weight excluding hydrogens is 268 g/mol. The van der Waals surface area contributed by atoms with Crippen LogP contribution < -0.4 is 11.5 Å². The predicted octanol–water partition coefficient (Wildman–Crippen LogP) is 3.65. The average Bonchev–Trinajstić information content (AvgIpc) is 2.57. The maximum absolute atomic E-state index is 5.52. The molecule has 120 valence electrons. The van der Waals surface area contributed by atoms with Gasteiger partial charge in [-0.2, -0.15) is 0 Å². The molecule has 0 spiro atoms. The fourth-order valence-corrected chi connectivity index (χ4v) is 2.20. The minimum absolute atomic E-state index is 0.595. The van der Waals surface area contributed by atoms with E-state index >= 15 is 0 Å². The summed E-state index contributed by atoms with van der Waals surface area (Å²) in [6, 6.07) is 20.9. The van der Waals surface area contributed by atoms with Gasteiger partial charge in [-0.3, -0.25) is 0 Å². The minimum Gasteiger partial charge on any atom is -0.330 e. The van der Waals surface area contributed by atoms with Gasteiger partial charge < -0.3 is 11.5 Å². The van der Waals surface area contributed by atoms with Crippen molar-refractivity contribution in [2.24, 2.45) is 23.3 Å². The van der Waals surface area contributed by atoms with E-state index in [-0.39, 0.29) is 0 Å². The molecule has 0 aromatic heterocycles. The SMILES string of the molecule is C[C@@H](CN)Cc1ccccc1.C[C@H](CN)Cc1ccccc1. The molecule has 0 heterocycles. The smallest absolute Gasteiger partial charge is 0.00483 e. The Morgan fingerprint density at radius 2 is 0.955 bits per heavy atom. The van der Waals surface area contributed by atoms with Crippen LogP contribution in [0.1, 0.15) is 25.0 Å². The molecular formula is C20H30N2. The molecule has 2 rings (SSSR count). The highest BCUT2D eigenvalue weighted by Gasteiger charge is 1.99. The lowest BCUT2D eigenvalue weighted by Crippen LogP contribution is -2.12. The van der Waals surface area contributed by atoms with E-state index in [1.807, 2.05) is 12.1 Å². The fourth-order valence-electron chi connectivity index (χ4n) is 2.20. The predicted molar refractivity (Wildman–Crippen MR) is 96.7 cm³/mol. The van der Waals surface area contributed by atoms with Crippen LogP contribution in [0, 0.1) is 11.8 Å². The molecule has 0 unspecified atom stereocenters. The number of rotatable bonds is 6. The first-order valence-electron chi connectivity index (χ1n) is 8.13. The van der Waals surface area contributed by atoms with Crippen molar-refractivity contribution in [1.29, 1.82) is 0 Å². The Bertz CT molecular complexity index is 434. The molecule has 0 aliphatic rings. The third-order valence-electron chi connectivity index (χ3n) is 3.66. The first kappa shape index (κ1) is 18.4. The Kier molecular flexibility index (Phi) is 9.20. The molecule has 0 saturated carbocycles. The van der Waals surface area contributed by atoms with Crippen molar-refractivity contribution in [2.45, 2.75) is 26.7 Å². The van der Waals surface area contributed by atoms with E-state index in [0.717, 1.165) is 25.9 Å². The zero-order valence-corrected chi connectivity index (χ0v) is 13.9. The largest absolute Gasteiger partial charge is 0.330 e. The molecule has 0 amide bonds.